The molecule has 0 aliphatic rings. The van der Waals surface area contributed by atoms with Crippen LogP contribution in [0.4, 0.5) is 5.69 Å². The number of thioether (sulfide) groups is 1. The molecule has 0 heterocycles. The zero-order valence-corrected chi connectivity index (χ0v) is 13.6. The summed E-state index contributed by atoms with van der Waals surface area (Å²) in [6.07, 6.45) is 2.64. The van der Waals surface area contributed by atoms with Crippen molar-refractivity contribution in [3.05, 3.63) is 29.8 Å². The second kappa shape index (κ2) is 8.69. The molecule has 0 saturated carbocycles. The number of anilines is 1. The molecule has 21 heavy (non-hydrogen) atoms. The summed E-state index contributed by atoms with van der Waals surface area (Å²) in [5, 5.41) is 2.82. The number of nitrogens with one attached hydrogen (secondary N) is 1. The SMILES string of the molecule is CSCC[C@@H](N)C(=O)Nc1cccc(CN(C)C(C)=O)c1. The minimum atomic E-state index is -0.499. The van der Waals surface area contributed by atoms with Gasteiger partial charge < -0.3 is 16.0 Å². The second-order valence-electron chi connectivity index (χ2n) is 4.95. The second-order valence-corrected chi connectivity index (χ2v) is 5.94. The molecule has 1 aromatic rings. The Bertz CT molecular complexity index is 494. The largest absolute Gasteiger partial charge is 0.342 e. The van der Waals surface area contributed by atoms with E-state index in [0.29, 0.717) is 18.7 Å². The first kappa shape index (κ1) is 17.5. The van der Waals surface area contributed by atoms with E-state index < -0.39 is 6.04 Å². The van der Waals surface area contributed by atoms with E-state index in [1.807, 2.05) is 30.5 Å². The number of carbonyl (C=O) groups is 2. The fraction of sp³-hybridized carbons (Fsp3) is 0.467. The van der Waals surface area contributed by atoms with E-state index in [0.717, 1.165) is 11.3 Å². The fourth-order valence-electron chi connectivity index (χ4n) is 1.74. The number of amides is 2. The number of nitrogens with zero attached hydrogens (tertiary/aromatic N) is 1. The molecule has 6 heteroatoms. The minimum Gasteiger partial charge on any atom is -0.342 e. The predicted molar refractivity (Wildman–Crippen MR) is 88.2 cm³/mol. The molecule has 0 bridgehead atoms. The average molecular weight is 309 g/mol. The molecule has 0 aliphatic heterocycles. The fourth-order valence-corrected chi connectivity index (χ4v) is 2.23. The molecule has 0 aliphatic carbocycles. The summed E-state index contributed by atoms with van der Waals surface area (Å²) < 4.78 is 0. The van der Waals surface area contributed by atoms with Crippen molar-refractivity contribution in [2.75, 3.05) is 24.4 Å². The van der Waals surface area contributed by atoms with Gasteiger partial charge in [0.2, 0.25) is 11.8 Å². The molecule has 1 aromatic carbocycles. The highest BCUT2D eigenvalue weighted by molar-refractivity contribution is 7.98. The number of hydrogen-bond acceptors (Lipinski definition) is 4. The molecule has 0 radical (unpaired) electrons. The summed E-state index contributed by atoms with van der Waals surface area (Å²) in [4.78, 5) is 24.8. The molecule has 3 N–H and O–H groups in total. The van der Waals surface area contributed by atoms with E-state index >= 15 is 0 Å². The molecular weight excluding hydrogens is 286 g/mol. The van der Waals surface area contributed by atoms with Crippen molar-refractivity contribution in [2.24, 2.45) is 5.73 Å². The summed E-state index contributed by atoms with van der Waals surface area (Å²) in [7, 11) is 1.74. The predicted octanol–water partition coefficient (Wildman–Crippen LogP) is 1.68. The zero-order valence-electron chi connectivity index (χ0n) is 12.8. The van der Waals surface area contributed by atoms with Crippen LogP contribution in [-0.2, 0) is 16.1 Å². The molecule has 2 amide bonds. The van der Waals surface area contributed by atoms with E-state index in [1.54, 1.807) is 23.7 Å². The maximum atomic E-state index is 12.0. The molecular formula is C15H23N3O2S. The Labute approximate surface area is 130 Å². The summed E-state index contributed by atoms with van der Waals surface area (Å²) in [6.45, 7) is 2.04. The van der Waals surface area contributed by atoms with E-state index in [2.05, 4.69) is 5.32 Å². The van der Waals surface area contributed by atoms with E-state index in [-0.39, 0.29) is 11.8 Å². The lowest BCUT2D eigenvalue weighted by atomic mass is 10.1. The topological polar surface area (TPSA) is 75.4 Å². The van der Waals surface area contributed by atoms with Crippen LogP contribution >= 0.6 is 11.8 Å². The summed E-state index contributed by atoms with van der Waals surface area (Å²) >= 11 is 1.67. The van der Waals surface area contributed by atoms with E-state index in [1.165, 1.54) is 6.92 Å². The molecule has 0 spiro atoms. The first-order valence-corrected chi connectivity index (χ1v) is 8.19. The number of nitrogens with two attached hydrogens (primary N) is 1. The molecule has 0 unspecified atom stereocenters. The maximum absolute atomic E-state index is 12.0. The van der Waals surface area contributed by atoms with Gasteiger partial charge in [-0.05, 0) is 36.1 Å². The third kappa shape index (κ3) is 6.18. The van der Waals surface area contributed by atoms with Crippen LogP contribution in [0.1, 0.15) is 18.9 Å². The van der Waals surface area contributed by atoms with Gasteiger partial charge in [-0.3, -0.25) is 9.59 Å². The lowest BCUT2D eigenvalue weighted by Crippen LogP contribution is -2.36. The Morgan fingerprint density at radius 1 is 1.43 bits per heavy atom. The lowest BCUT2D eigenvalue weighted by molar-refractivity contribution is -0.128. The van der Waals surface area contributed by atoms with Gasteiger partial charge in [-0.25, -0.2) is 0 Å². The van der Waals surface area contributed by atoms with Gasteiger partial charge in [0.15, 0.2) is 0 Å². The molecule has 5 nitrogen and oxygen atoms in total. The third-order valence-corrected chi connectivity index (χ3v) is 3.77. The van der Waals surface area contributed by atoms with Gasteiger partial charge in [0.25, 0.3) is 0 Å². The maximum Gasteiger partial charge on any atom is 0.241 e. The smallest absolute Gasteiger partial charge is 0.241 e. The summed E-state index contributed by atoms with van der Waals surface area (Å²) in [5.74, 6) is 0.683. The van der Waals surface area contributed by atoms with Gasteiger partial charge in [0, 0.05) is 26.2 Å². The van der Waals surface area contributed by atoms with Crippen LogP contribution in [0.3, 0.4) is 0 Å². The number of carbonyl (C=O) groups excluding carboxylic acids is 2. The highest BCUT2D eigenvalue weighted by Crippen LogP contribution is 2.13. The van der Waals surface area contributed by atoms with Crippen molar-refractivity contribution in [3.63, 3.8) is 0 Å². The van der Waals surface area contributed by atoms with Crippen molar-refractivity contribution in [1.82, 2.24) is 4.90 Å². The molecule has 1 atom stereocenters. The van der Waals surface area contributed by atoms with Gasteiger partial charge in [0.1, 0.15) is 0 Å². The first-order chi connectivity index (χ1) is 9.93. The van der Waals surface area contributed by atoms with Crippen molar-refractivity contribution < 1.29 is 9.59 Å². The number of hydrogen-bond donors (Lipinski definition) is 2. The Kier molecular flexibility index (Phi) is 7.25. The molecule has 0 saturated heterocycles. The highest BCUT2D eigenvalue weighted by Gasteiger charge is 2.13. The van der Waals surface area contributed by atoms with Gasteiger partial charge >= 0.3 is 0 Å². The normalized spacial score (nSPS) is 11.8. The van der Waals surface area contributed by atoms with Crippen molar-refractivity contribution >= 4 is 29.3 Å². The van der Waals surface area contributed by atoms with Crippen LogP contribution in [0.15, 0.2) is 24.3 Å². The molecule has 0 fully saturated rings. The Morgan fingerprint density at radius 3 is 2.76 bits per heavy atom. The van der Waals surface area contributed by atoms with Crippen molar-refractivity contribution in [1.29, 1.82) is 0 Å². The average Bonchev–Trinajstić information content (AvgIpc) is 2.44. The van der Waals surface area contributed by atoms with Gasteiger partial charge in [0.05, 0.1) is 6.04 Å². The van der Waals surface area contributed by atoms with Crippen LogP contribution in [0.5, 0.6) is 0 Å². The molecule has 1 rings (SSSR count). The standard InChI is InChI=1S/C15H23N3O2S/c1-11(19)18(2)10-12-5-4-6-13(9-12)17-15(20)14(16)7-8-21-3/h4-6,9,14H,7-8,10,16H2,1-3H3,(H,17,20)/t14-/m1/s1. The van der Waals surface area contributed by atoms with Crippen molar-refractivity contribution in [2.45, 2.75) is 25.9 Å². The van der Waals surface area contributed by atoms with Crippen LogP contribution in [0.25, 0.3) is 0 Å². The summed E-state index contributed by atoms with van der Waals surface area (Å²) in [6, 6.07) is 6.95. The van der Waals surface area contributed by atoms with Gasteiger partial charge in [-0.15, -0.1) is 0 Å². The summed E-state index contributed by atoms with van der Waals surface area (Å²) in [5.41, 5.74) is 7.50. The van der Waals surface area contributed by atoms with E-state index in [9.17, 15) is 9.59 Å². The van der Waals surface area contributed by atoms with E-state index in [4.69, 9.17) is 5.73 Å². The highest BCUT2D eigenvalue weighted by atomic mass is 32.2. The van der Waals surface area contributed by atoms with Gasteiger partial charge in [-0.1, -0.05) is 12.1 Å². The van der Waals surface area contributed by atoms with Crippen LogP contribution in [-0.4, -0.2) is 41.8 Å². The zero-order chi connectivity index (χ0) is 15.8. The quantitative estimate of drug-likeness (QED) is 0.803. The molecule has 0 aromatic heterocycles. The van der Waals surface area contributed by atoms with Crippen LogP contribution < -0.4 is 11.1 Å². The number of rotatable bonds is 7. The number of benzene rings is 1. The molecule has 116 valence electrons. The Hall–Kier alpha value is -1.53. The lowest BCUT2D eigenvalue weighted by Gasteiger charge is -2.16. The van der Waals surface area contributed by atoms with Gasteiger partial charge in [-0.2, -0.15) is 11.8 Å². The Balaban J connectivity index is 2.63. The monoisotopic (exact) mass is 309 g/mol. The minimum absolute atomic E-state index is 0.00327. The Morgan fingerprint density at radius 2 is 2.14 bits per heavy atom. The third-order valence-electron chi connectivity index (χ3n) is 3.12. The van der Waals surface area contributed by atoms with Crippen LogP contribution in [0.2, 0.25) is 0 Å². The first-order valence-electron chi connectivity index (χ1n) is 6.80. The van der Waals surface area contributed by atoms with Crippen molar-refractivity contribution in [3.8, 4) is 0 Å². The van der Waals surface area contributed by atoms with Crippen LogP contribution in [0, 0.1) is 0 Å².